The number of ether oxygens (including phenoxy) is 1. The summed E-state index contributed by atoms with van der Waals surface area (Å²) in [6, 6.07) is 4.01. The van der Waals surface area contributed by atoms with E-state index >= 15 is 0 Å². The quantitative estimate of drug-likeness (QED) is 0.796. The van der Waals surface area contributed by atoms with Gasteiger partial charge < -0.3 is 9.84 Å². The number of carbonyl (C=O) groups excluding carboxylic acids is 1. The highest BCUT2D eigenvalue weighted by Gasteiger charge is 2.15. The second-order valence-electron chi connectivity index (χ2n) is 5.74. The van der Waals surface area contributed by atoms with Crippen LogP contribution in [0.4, 0.5) is 0 Å². The Morgan fingerprint density at radius 1 is 1.15 bits per heavy atom. The van der Waals surface area contributed by atoms with Crippen LogP contribution in [0, 0.1) is 0 Å². The SMILES string of the molecule is CCOC(=O)CCc1cc(C(C)C)c(O)c(C(C)C)c1. The Morgan fingerprint density at radius 2 is 1.65 bits per heavy atom. The van der Waals surface area contributed by atoms with Crippen molar-refractivity contribution in [1.29, 1.82) is 0 Å². The minimum absolute atomic E-state index is 0.169. The van der Waals surface area contributed by atoms with Gasteiger partial charge in [0.05, 0.1) is 6.61 Å². The summed E-state index contributed by atoms with van der Waals surface area (Å²) < 4.78 is 4.95. The lowest BCUT2D eigenvalue weighted by Crippen LogP contribution is -2.06. The molecule has 20 heavy (non-hydrogen) atoms. The fraction of sp³-hybridized carbons (Fsp3) is 0.588. The van der Waals surface area contributed by atoms with E-state index in [4.69, 9.17) is 4.74 Å². The third-order valence-electron chi connectivity index (χ3n) is 3.40. The molecule has 0 saturated heterocycles. The summed E-state index contributed by atoms with van der Waals surface area (Å²) in [6.07, 6.45) is 1.03. The van der Waals surface area contributed by atoms with Crippen molar-refractivity contribution in [3.63, 3.8) is 0 Å². The molecule has 112 valence electrons. The number of carbonyl (C=O) groups is 1. The van der Waals surface area contributed by atoms with E-state index in [9.17, 15) is 9.90 Å². The van der Waals surface area contributed by atoms with Crippen molar-refractivity contribution >= 4 is 5.97 Å². The van der Waals surface area contributed by atoms with Gasteiger partial charge in [0.2, 0.25) is 0 Å². The van der Waals surface area contributed by atoms with Gasteiger partial charge >= 0.3 is 5.97 Å². The van der Waals surface area contributed by atoms with Gasteiger partial charge in [0, 0.05) is 6.42 Å². The summed E-state index contributed by atoms with van der Waals surface area (Å²) in [7, 11) is 0. The summed E-state index contributed by atoms with van der Waals surface area (Å²) in [6.45, 7) is 10.5. The van der Waals surface area contributed by atoms with Crippen LogP contribution in [0.1, 0.15) is 69.6 Å². The first-order valence-corrected chi connectivity index (χ1v) is 7.38. The van der Waals surface area contributed by atoms with E-state index in [2.05, 4.69) is 27.7 Å². The Labute approximate surface area is 122 Å². The summed E-state index contributed by atoms with van der Waals surface area (Å²) >= 11 is 0. The van der Waals surface area contributed by atoms with Crippen LogP contribution in [0.3, 0.4) is 0 Å². The minimum atomic E-state index is -0.169. The van der Waals surface area contributed by atoms with E-state index in [1.807, 2.05) is 19.1 Å². The van der Waals surface area contributed by atoms with Crippen molar-refractivity contribution < 1.29 is 14.6 Å². The smallest absolute Gasteiger partial charge is 0.306 e. The molecular formula is C17H26O3. The molecule has 3 nitrogen and oxygen atoms in total. The highest BCUT2D eigenvalue weighted by molar-refractivity contribution is 5.69. The Morgan fingerprint density at radius 3 is 2.05 bits per heavy atom. The normalized spacial score (nSPS) is 11.2. The molecule has 1 N–H and O–H groups in total. The summed E-state index contributed by atoms with van der Waals surface area (Å²) in [5.41, 5.74) is 2.99. The van der Waals surface area contributed by atoms with Crippen LogP contribution in [0.5, 0.6) is 5.75 Å². The van der Waals surface area contributed by atoms with E-state index in [0.29, 0.717) is 25.2 Å². The zero-order valence-corrected chi connectivity index (χ0v) is 13.2. The number of phenols is 1. The maximum absolute atomic E-state index is 11.4. The summed E-state index contributed by atoms with van der Waals surface area (Å²) in [5.74, 6) is 0.748. The molecule has 0 aliphatic heterocycles. The maximum atomic E-state index is 11.4. The van der Waals surface area contributed by atoms with Crippen LogP contribution in [-0.2, 0) is 16.0 Å². The summed E-state index contributed by atoms with van der Waals surface area (Å²) in [4.78, 5) is 11.4. The van der Waals surface area contributed by atoms with Crippen LogP contribution in [0.2, 0.25) is 0 Å². The largest absolute Gasteiger partial charge is 0.507 e. The van der Waals surface area contributed by atoms with Crippen molar-refractivity contribution in [3.8, 4) is 5.75 Å². The van der Waals surface area contributed by atoms with Crippen LogP contribution in [0.25, 0.3) is 0 Å². The van der Waals surface area contributed by atoms with E-state index in [0.717, 1.165) is 16.7 Å². The van der Waals surface area contributed by atoms with Gasteiger partial charge in [-0.3, -0.25) is 4.79 Å². The number of rotatable bonds is 6. The van der Waals surface area contributed by atoms with Crippen molar-refractivity contribution in [1.82, 2.24) is 0 Å². The molecule has 0 fully saturated rings. The van der Waals surface area contributed by atoms with Crippen molar-refractivity contribution in [2.45, 2.75) is 59.3 Å². The lowest BCUT2D eigenvalue weighted by atomic mass is 9.90. The van der Waals surface area contributed by atoms with Crippen molar-refractivity contribution in [2.24, 2.45) is 0 Å². The van der Waals surface area contributed by atoms with Gasteiger partial charge in [-0.15, -0.1) is 0 Å². The second kappa shape index (κ2) is 7.32. The predicted molar refractivity (Wildman–Crippen MR) is 81.2 cm³/mol. The molecule has 0 atom stereocenters. The molecule has 3 heteroatoms. The molecule has 0 aliphatic carbocycles. The number of hydrogen-bond donors (Lipinski definition) is 1. The molecule has 1 aromatic rings. The number of esters is 1. The average molecular weight is 278 g/mol. The highest BCUT2D eigenvalue weighted by Crippen LogP contribution is 2.35. The molecule has 0 heterocycles. The molecule has 0 bridgehead atoms. The van der Waals surface area contributed by atoms with Crippen LogP contribution in [-0.4, -0.2) is 17.7 Å². The lowest BCUT2D eigenvalue weighted by Gasteiger charge is -2.17. The van der Waals surface area contributed by atoms with Crippen LogP contribution < -0.4 is 0 Å². The molecule has 0 amide bonds. The third-order valence-corrected chi connectivity index (χ3v) is 3.40. The van der Waals surface area contributed by atoms with E-state index in [1.165, 1.54) is 0 Å². The van der Waals surface area contributed by atoms with Crippen LogP contribution >= 0.6 is 0 Å². The first-order chi connectivity index (χ1) is 9.36. The monoisotopic (exact) mass is 278 g/mol. The fourth-order valence-corrected chi connectivity index (χ4v) is 2.25. The molecule has 0 spiro atoms. The molecule has 0 aliphatic rings. The molecule has 1 rings (SSSR count). The zero-order valence-electron chi connectivity index (χ0n) is 13.2. The standard InChI is InChI=1S/C17H26O3/c1-6-20-16(18)8-7-13-9-14(11(2)3)17(19)15(10-13)12(4)5/h9-12,19H,6-8H2,1-5H3. The molecule has 0 saturated carbocycles. The topological polar surface area (TPSA) is 46.5 Å². The third kappa shape index (κ3) is 4.26. The Kier molecular flexibility index (Phi) is 6.05. The van der Waals surface area contributed by atoms with Crippen molar-refractivity contribution in [2.75, 3.05) is 6.61 Å². The van der Waals surface area contributed by atoms with Crippen LogP contribution in [0.15, 0.2) is 12.1 Å². The molecular weight excluding hydrogens is 252 g/mol. The molecule has 0 aromatic heterocycles. The Hall–Kier alpha value is -1.51. The number of hydrogen-bond acceptors (Lipinski definition) is 3. The first kappa shape index (κ1) is 16.5. The van der Waals surface area contributed by atoms with E-state index < -0.39 is 0 Å². The number of benzene rings is 1. The highest BCUT2D eigenvalue weighted by atomic mass is 16.5. The first-order valence-electron chi connectivity index (χ1n) is 7.38. The molecule has 1 aromatic carbocycles. The predicted octanol–water partition coefficient (Wildman–Crippen LogP) is 4.13. The number of aromatic hydroxyl groups is 1. The number of aryl methyl sites for hydroxylation is 1. The van der Waals surface area contributed by atoms with Gasteiger partial charge in [-0.05, 0) is 41.9 Å². The van der Waals surface area contributed by atoms with Gasteiger partial charge in [-0.2, -0.15) is 0 Å². The average Bonchev–Trinajstić information content (AvgIpc) is 2.37. The maximum Gasteiger partial charge on any atom is 0.306 e. The summed E-state index contributed by atoms with van der Waals surface area (Å²) in [5, 5.41) is 10.3. The van der Waals surface area contributed by atoms with E-state index in [-0.39, 0.29) is 17.8 Å². The zero-order chi connectivity index (χ0) is 15.3. The second-order valence-corrected chi connectivity index (χ2v) is 5.74. The van der Waals surface area contributed by atoms with Gasteiger partial charge in [0.15, 0.2) is 0 Å². The number of phenolic OH excluding ortho intramolecular Hbond substituents is 1. The Bertz CT molecular complexity index is 432. The molecule has 0 radical (unpaired) electrons. The van der Waals surface area contributed by atoms with Gasteiger partial charge in [0.25, 0.3) is 0 Å². The van der Waals surface area contributed by atoms with Gasteiger partial charge in [0.1, 0.15) is 5.75 Å². The Balaban J connectivity index is 2.99. The minimum Gasteiger partial charge on any atom is -0.507 e. The lowest BCUT2D eigenvalue weighted by molar-refractivity contribution is -0.143. The van der Waals surface area contributed by atoms with Gasteiger partial charge in [-0.25, -0.2) is 0 Å². The van der Waals surface area contributed by atoms with E-state index in [1.54, 1.807) is 0 Å². The molecule has 0 unspecified atom stereocenters. The fourth-order valence-electron chi connectivity index (χ4n) is 2.25. The van der Waals surface area contributed by atoms with Gasteiger partial charge in [-0.1, -0.05) is 39.8 Å². The van der Waals surface area contributed by atoms with Crippen molar-refractivity contribution in [3.05, 3.63) is 28.8 Å².